The van der Waals surface area contributed by atoms with Gasteiger partial charge in [0.2, 0.25) is 5.91 Å². The summed E-state index contributed by atoms with van der Waals surface area (Å²) >= 11 is 0. The highest BCUT2D eigenvalue weighted by Crippen LogP contribution is 2.24. The smallest absolute Gasteiger partial charge is 0.306 e. The van der Waals surface area contributed by atoms with Gasteiger partial charge in [-0.3, -0.25) is 9.59 Å². The second kappa shape index (κ2) is 5.14. The first-order valence-corrected chi connectivity index (χ1v) is 5.49. The van der Waals surface area contributed by atoms with E-state index in [4.69, 9.17) is 5.11 Å². The third-order valence-electron chi connectivity index (χ3n) is 3.17. The van der Waals surface area contributed by atoms with Gasteiger partial charge in [0.1, 0.15) is 0 Å². The molecule has 1 heterocycles. The van der Waals surface area contributed by atoms with Crippen LogP contribution in [0, 0.1) is 11.8 Å². The number of rotatable bonds is 3. The largest absolute Gasteiger partial charge is 0.481 e. The van der Waals surface area contributed by atoms with Gasteiger partial charge in [0, 0.05) is 20.0 Å². The lowest BCUT2D eigenvalue weighted by Crippen LogP contribution is -2.37. The molecule has 1 aliphatic heterocycles. The van der Waals surface area contributed by atoms with Crippen molar-refractivity contribution in [2.75, 3.05) is 13.1 Å². The Morgan fingerprint density at radius 1 is 1.40 bits per heavy atom. The summed E-state index contributed by atoms with van der Waals surface area (Å²) < 4.78 is 0. The van der Waals surface area contributed by atoms with Crippen LogP contribution >= 0.6 is 0 Å². The van der Waals surface area contributed by atoms with E-state index in [0.29, 0.717) is 5.92 Å². The van der Waals surface area contributed by atoms with Crippen LogP contribution in [0.5, 0.6) is 0 Å². The zero-order valence-corrected chi connectivity index (χ0v) is 9.40. The molecule has 1 aliphatic rings. The molecule has 1 fully saturated rings. The van der Waals surface area contributed by atoms with Crippen LogP contribution in [0.1, 0.15) is 33.1 Å². The van der Waals surface area contributed by atoms with Gasteiger partial charge in [-0.05, 0) is 25.2 Å². The summed E-state index contributed by atoms with van der Waals surface area (Å²) in [6, 6.07) is 0. The molecule has 0 aromatic carbocycles. The van der Waals surface area contributed by atoms with Crippen LogP contribution in [0.3, 0.4) is 0 Å². The van der Waals surface area contributed by atoms with Gasteiger partial charge in [-0.2, -0.15) is 0 Å². The fourth-order valence-electron chi connectivity index (χ4n) is 2.08. The summed E-state index contributed by atoms with van der Waals surface area (Å²) in [5.74, 6) is -0.394. The first-order chi connectivity index (χ1) is 7.00. The zero-order chi connectivity index (χ0) is 11.4. The molecule has 86 valence electrons. The first-order valence-electron chi connectivity index (χ1n) is 5.49. The number of carbonyl (C=O) groups is 2. The molecule has 0 aromatic heterocycles. The van der Waals surface area contributed by atoms with E-state index in [0.717, 1.165) is 32.4 Å². The number of carboxylic acid groups (broad SMARTS) is 1. The molecule has 1 atom stereocenters. The highest BCUT2D eigenvalue weighted by molar-refractivity contribution is 5.73. The van der Waals surface area contributed by atoms with Crippen molar-refractivity contribution in [2.45, 2.75) is 33.1 Å². The molecule has 0 saturated carbocycles. The Bertz CT molecular complexity index is 244. The van der Waals surface area contributed by atoms with E-state index in [-0.39, 0.29) is 11.8 Å². The van der Waals surface area contributed by atoms with Crippen molar-refractivity contribution in [1.29, 1.82) is 0 Å². The zero-order valence-electron chi connectivity index (χ0n) is 9.40. The van der Waals surface area contributed by atoms with Crippen LogP contribution in [0.15, 0.2) is 0 Å². The van der Waals surface area contributed by atoms with Gasteiger partial charge in [-0.1, -0.05) is 6.92 Å². The van der Waals surface area contributed by atoms with Crippen LogP contribution in [0.25, 0.3) is 0 Å². The summed E-state index contributed by atoms with van der Waals surface area (Å²) in [6.07, 6.45) is 2.62. The third-order valence-corrected chi connectivity index (χ3v) is 3.17. The molecular weight excluding hydrogens is 194 g/mol. The Labute approximate surface area is 90.3 Å². The van der Waals surface area contributed by atoms with E-state index < -0.39 is 5.97 Å². The molecule has 1 N–H and O–H groups in total. The third kappa shape index (κ3) is 3.53. The molecule has 1 amide bonds. The molecule has 0 aliphatic carbocycles. The first kappa shape index (κ1) is 12.0. The second-order valence-corrected chi connectivity index (χ2v) is 4.42. The van der Waals surface area contributed by atoms with Crippen molar-refractivity contribution >= 4 is 11.9 Å². The Balaban J connectivity index is 2.31. The predicted octanol–water partition coefficient (Wildman–Crippen LogP) is 1.36. The predicted molar refractivity (Wildman–Crippen MR) is 56.4 cm³/mol. The van der Waals surface area contributed by atoms with Gasteiger partial charge in [0.15, 0.2) is 0 Å². The fraction of sp³-hybridized carbons (Fsp3) is 0.818. The summed E-state index contributed by atoms with van der Waals surface area (Å²) in [5.41, 5.74) is 0. The van der Waals surface area contributed by atoms with E-state index >= 15 is 0 Å². The molecule has 1 rings (SSSR count). The molecule has 0 bridgehead atoms. The molecule has 0 aromatic rings. The maximum Gasteiger partial charge on any atom is 0.306 e. The molecule has 0 spiro atoms. The van der Waals surface area contributed by atoms with Crippen molar-refractivity contribution in [2.24, 2.45) is 11.8 Å². The summed E-state index contributed by atoms with van der Waals surface area (Å²) in [4.78, 5) is 23.6. The number of hydrogen-bond acceptors (Lipinski definition) is 2. The van der Waals surface area contributed by atoms with E-state index in [1.807, 2.05) is 4.90 Å². The lowest BCUT2D eigenvalue weighted by Gasteiger charge is -2.31. The average molecular weight is 213 g/mol. The van der Waals surface area contributed by atoms with E-state index in [1.165, 1.54) is 0 Å². The summed E-state index contributed by atoms with van der Waals surface area (Å²) in [5, 5.41) is 8.79. The van der Waals surface area contributed by atoms with Crippen molar-refractivity contribution in [3.63, 3.8) is 0 Å². The van der Waals surface area contributed by atoms with Crippen LogP contribution in [-0.4, -0.2) is 35.0 Å². The van der Waals surface area contributed by atoms with Crippen molar-refractivity contribution < 1.29 is 14.7 Å². The van der Waals surface area contributed by atoms with Crippen molar-refractivity contribution in [3.8, 4) is 0 Å². The number of aliphatic carboxylic acids is 1. The SMILES string of the molecule is CC(=O)N1CCC(CC(C)C(=O)O)CC1. The average Bonchev–Trinajstić information content (AvgIpc) is 2.18. The van der Waals surface area contributed by atoms with Gasteiger partial charge in [-0.15, -0.1) is 0 Å². The number of amides is 1. The number of carboxylic acids is 1. The van der Waals surface area contributed by atoms with Gasteiger partial charge in [0.25, 0.3) is 0 Å². The molecule has 15 heavy (non-hydrogen) atoms. The molecule has 4 heteroatoms. The van der Waals surface area contributed by atoms with E-state index in [1.54, 1.807) is 13.8 Å². The van der Waals surface area contributed by atoms with Crippen LogP contribution in [0.4, 0.5) is 0 Å². The number of hydrogen-bond donors (Lipinski definition) is 1. The molecule has 1 unspecified atom stereocenters. The monoisotopic (exact) mass is 213 g/mol. The molecule has 1 saturated heterocycles. The summed E-state index contributed by atoms with van der Waals surface area (Å²) in [6.45, 7) is 4.90. The lowest BCUT2D eigenvalue weighted by atomic mass is 9.88. The second-order valence-electron chi connectivity index (χ2n) is 4.42. The fourth-order valence-corrected chi connectivity index (χ4v) is 2.08. The topological polar surface area (TPSA) is 57.6 Å². The number of piperidine rings is 1. The minimum Gasteiger partial charge on any atom is -0.481 e. The highest BCUT2D eigenvalue weighted by atomic mass is 16.4. The maximum atomic E-state index is 11.1. The van der Waals surface area contributed by atoms with Gasteiger partial charge >= 0.3 is 5.97 Å². The van der Waals surface area contributed by atoms with Gasteiger partial charge in [-0.25, -0.2) is 0 Å². The van der Waals surface area contributed by atoms with Crippen molar-refractivity contribution in [3.05, 3.63) is 0 Å². The normalized spacial score (nSPS) is 20.0. The Kier molecular flexibility index (Phi) is 4.12. The van der Waals surface area contributed by atoms with E-state index in [2.05, 4.69) is 0 Å². The standard InChI is InChI=1S/C11H19NO3/c1-8(11(14)15)7-10-3-5-12(6-4-10)9(2)13/h8,10H,3-7H2,1-2H3,(H,14,15). The molecular formula is C11H19NO3. The Morgan fingerprint density at radius 3 is 2.33 bits per heavy atom. The Morgan fingerprint density at radius 2 is 1.93 bits per heavy atom. The number of likely N-dealkylation sites (tertiary alicyclic amines) is 1. The quantitative estimate of drug-likeness (QED) is 0.770. The Hall–Kier alpha value is -1.06. The van der Waals surface area contributed by atoms with Gasteiger partial charge in [0.05, 0.1) is 5.92 Å². The maximum absolute atomic E-state index is 11.1. The van der Waals surface area contributed by atoms with Crippen LogP contribution < -0.4 is 0 Å². The van der Waals surface area contributed by atoms with Crippen molar-refractivity contribution in [1.82, 2.24) is 4.90 Å². The highest BCUT2D eigenvalue weighted by Gasteiger charge is 2.24. The van der Waals surface area contributed by atoms with Gasteiger partial charge < -0.3 is 10.0 Å². The van der Waals surface area contributed by atoms with Crippen LogP contribution in [-0.2, 0) is 9.59 Å². The number of nitrogens with zero attached hydrogens (tertiary/aromatic N) is 1. The molecule has 4 nitrogen and oxygen atoms in total. The molecule has 0 radical (unpaired) electrons. The minimum absolute atomic E-state index is 0.125. The summed E-state index contributed by atoms with van der Waals surface area (Å²) in [7, 11) is 0. The minimum atomic E-state index is -0.719. The van der Waals surface area contributed by atoms with E-state index in [9.17, 15) is 9.59 Å². The number of carbonyl (C=O) groups excluding carboxylic acids is 1. The lowest BCUT2D eigenvalue weighted by molar-refractivity contribution is -0.142. The van der Waals surface area contributed by atoms with Crippen LogP contribution in [0.2, 0.25) is 0 Å².